The lowest BCUT2D eigenvalue weighted by atomic mass is 10.1. The van der Waals surface area contributed by atoms with Crippen molar-refractivity contribution in [1.82, 2.24) is 9.88 Å². The number of aliphatic hydroxyl groups excluding tert-OH is 1. The maximum Gasteiger partial charge on any atom is 0.123 e. The van der Waals surface area contributed by atoms with Gasteiger partial charge >= 0.3 is 0 Å². The average molecular weight is 270 g/mol. The number of nitrogens with zero attached hydrogens (tertiary/aromatic N) is 2. The van der Waals surface area contributed by atoms with E-state index < -0.39 is 0 Å². The summed E-state index contributed by atoms with van der Waals surface area (Å²) in [7, 11) is 0. The third-order valence-electron chi connectivity index (χ3n) is 3.49. The zero-order valence-corrected chi connectivity index (χ0v) is 11.2. The summed E-state index contributed by atoms with van der Waals surface area (Å²) in [4.78, 5) is 6.70. The van der Waals surface area contributed by atoms with Crippen LogP contribution in [0.4, 0.5) is 5.82 Å². The minimum Gasteiger partial charge on any atom is -0.396 e. The van der Waals surface area contributed by atoms with Crippen molar-refractivity contribution < 1.29 is 5.11 Å². The number of likely N-dealkylation sites (tertiary alicyclic amines) is 1. The molecule has 2 heterocycles. The SMILES string of the molecule is Nc1ccc(Cl)c(CN2CCCC2CCCO)n1. The van der Waals surface area contributed by atoms with Crippen molar-refractivity contribution in [2.75, 3.05) is 18.9 Å². The first-order valence-electron chi connectivity index (χ1n) is 6.46. The van der Waals surface area contributed by atoms with E-state index in [0.717, 1.165) is 31.6 Å². The smallest absolute Gasteiger partial charge is 0.123 e. The second-order valence-corrected chi connectivity index (χ2v) is 5.20. The first kappa shape index (κ1) is 13.6. The van der Waals surface area contributed by atoms with Crippen molar-refractivity contribution in [1.29, 1.82) is 0 Å². The van der Waals surface area contributed by atoms with E-state index in [9.17, 15) is 0 Å². The standard InChI is InChI=1S/C13H20ClN3O/c14-11-5-6-13(15)16-12(11)9-17-7-1-3-10(17)4-2-8-18/h5-6,10,18H,1-4,7-9H2,(H2,15,16). The number of aliphatic hydroxyl groups is 1. The molecule has 1 aliphatic rings. The van der Waals surface area contributed by atoms with Gasteiger partial charge in [-0.2, -0.15) is 0 Å². The monoisotopic (exact) mass is 269 g/mol. The van der Waals surface area contributed by atoms with Gasteiger partial charge in [0, 0.05) is 19.2 Å². The fourth-order valence-electron chi connectivity index (χ4n) is 2.56. The Kier molecular flexibility index (Phi) is 4.80. The van der Waals surface area contributed by atoms with E-state index >= 15 is 0 Å². The highest BCUT2D eigenvalue weighted by Crippen LogP contribution is 2.25. The van der Waals surface area contributed by atoms with E-state index in [4.69, 9.17) is 22.4 Å². The second-order valence-electron chi connectivity index (χ2n) is 4.80. The molecule has 0 radical (unpaired) electrons. The molecule has 0 aromatic carbocycles. The molecule has 1 aliphatic heterocycles. The van der Waals surface area contributed by atoms with Crippen LogP contribution in [-0.2, 0) is 6.54 Å². The van der Waals surface area contributed by atoms with Crippen molar-refractivity contribution in [3.05, 3.63) is 22.8 Å². The summed E-state index contributed by atoms with van der Waals surface area (Å²) in [5.41, 5.74) is 6.55. The lowest BCUT2D eigenvalue weighted by Crippen LogP contribution is -2.29. The van der Waals surface area contributed by atoms with Crippen LogP contribution in [0.5, 0.6) is 0 Å². The molecular weight excluding hydrogens is 250 g/mol. The molecule has 100 valence electrons. The van der Waals surface area contributed by atoms with E-state index in [2.05, 4.69) is 9.88 Å². The average Bonchev–Trinajstić information content (AvgIpc) is 2.79. The number of pyridine rings is 1. The number of nitrogen functional groups attached to an aromatic ring is 1. The van der Waals surface area contributed by atoms with Gasteiger partial charge in [-0.25, -0.2) is 4.98 Å². The molecule has 3 N–H and O–H groups in total. The first-order valence-corrected chi connectivity index (χ1v) is 6.84. The molecule has 1 saturated heterocycles. The van der Waals surface area contributed by atoms with Crippen molar-refractivity contribution in [2.24, 2.45) is 0 Å². The van der Waals surface area contributed by atoms with Gasteiger partial charge in [0.15, 0.2) is 0 Å². The maximum absolute atomic E-state index is 8.91. The quantitative estimate of drug-likeness (QED) is 0.859. The molecule has 1 unspecified atom stereocenters. The molecule has 5 heteroatoms. The number of anilines is 1. The topological polar surface area (TPSA) is 62.4 Å². The van der Waals surface area contributed by atoms with Gasteiger partial charge < -0.3 is 10.8 Å². The number of hydrogen-bond acceptors (Lipinski definition) is 4. The highest BCUT2D eigenvalue weighted by atomic mass is 35.5. The first-order chi connectivity index (χ1) is 8.70. The Labute approximate surface area is 113 Å². The van der Waals surface area contributed by atoms with Gasteiger partial charge in [-0.1, -0.05) is 11.6 Å². The summed E-state index contributed by atoms with van der Waals surface area (Å²) in [5, 5.41) is 9.59. The minimum absolute atomic E-state index is 0.266. The Morgan fingerprint density at radius 2 is 2.33 bits per heavy atom. The summed E-state index contributed by atoms with van der Waals surface area (Å²) < 4.78 is 0. The molecule has 1 fully saturated rings. The Hall–Kier alpha value is -0.840. The molecule has 2 rings (SSSR count). The van der Waals surface area contributed by atoms with Crippen LogP contribution >= 0.6 is 11.6 Å². The number of halogens is 1. The van der Waals surface area contributed by atoms with E-state index in [0.29, 0.717) is 16.9 Å². The van der Waals surface area contributed by atoms with Crippen molar-refractivity contribution in [2.45, 2.75) is 38.3 Å². The van der Waals surface area contributed by atoms with Gasteiger partial charge in [-0.15, -0.1) is 0 Å². The van der Waals surface area contributed by atoms with Gasteiger partial charge in [0.1, 0.15) is 5.82 Å². The second kappa shape index (κ2) is 6.36. The molecule has 18 heavy (non-hydrogen) atoms. The lowest BCUT2D eigenvalue weighted by Gasteiger charge is -2.24. The summed E-state index contributed by atoms with van der Waals surface area (Å²) in [5.74, 6) is 0.514. The van der Waals surface area contributed by atoms with Crippen LogP contribution < -0.4 is 5.73 Å². The Balaban J connectivity index is 2.01. The summed E-state index contributed by atoms with van der Waals surface area (Å²) >= 11 is 6.14. The van der Waals surface area contributed by atoms with Crippen LogP contribution in [0.3, 0.4) is 0 Å². The molecule has 0 aliphatic carbocycles. The molecule has 4 nitrogen and oxygen atoms in total. The Bertz CT molecular complexity index is 400. The van der Waals surface area contributed by atoms with Crippen LogP contribution in [0.25, 0.3) is 0 Å². The number of rotatable bonds is 5. The number of hydrogen-bond donors (Lipinski definition) is 2. The van der Waals surface area contributed by atoms with Crippen molar-refractivity contribution in [3.63, 3.8) is 0 Å². The van der Waals surface area contributed by atoms with E-state index in [1.807, 2.05) is 0 Å². The molecule has 0 saturated carbocycles. The summed E-state index contributed by atoms with van der Waals surface area (Å²) in [6.45, 7) is 2.09. The fraction of sp³-hybridized carbons (Fsp3) is 0.615. The molecule has 0 bridgehead atoms. The fourth-order valence-corrected chi connectivity index (χ4v) is 2.73. The van der Waals surface area contributed by atoms with Gasteiger partial charge in [0.2, 0.25) is 0 Å². The molecule has 0 spiro atoms. The third kappa shape index (κ3) is 3.34. The van der Waals surface area contributed by atoms with Crippen molar-refractivity contribution >= 4 is 17.4 Å². The van der Waals surface area contributed by atoms with Gasteiger partial charge in [-0.3, -0.25) is 4.90 Å². The van der Waals surface area contributed by atoms with Crippen LogP contribution in [0.1, 0.15) is 31.4 Å². The highest BCUT2D eigenvalue weighted by molar-refractivity contribution is 6.31. The number of nitrogens with two attached hydrogens (primary N) is 1. The highest BCUT2D eigenvalue weighted by Gasteiger charge is 2.24. The maximum atomic E-state index is 8.91. The predicted octanol–water partition coefficient (Wildman–Crippen LogP) is 2.05. The lowest BCUT2D eigenvalue weighted by molar-refractivity contribution is 0.208. The van der Waals surface area contributed by atoms with E-state index in [1.54, 1.807) is 12.1 Å². The van der Waals surface area contributed by atoms with Crippen LogP contribution in [0.15, 0.2) is 12.1 Å². The van der Waals surface area contributed by atoms with Gasteiger partial charge in [-0.05, 0) is 44.4 Å². The Morgan fingerprint density at radius 1 is 1.50 bits per heavy atom. The van der Waals surface area contributed by atoms with E-state index in [-0.39, 0.29) is 6.61 Å². The zero-order valence-electron chi connectivity index (χ0n) is 10.5. The van der Waals surface area contributed by atoms with Gasteiger partial charge in [0.25, 0.3) is 0 Å². The molecule has 0 amide bonds. The largest absolute Gasteiger partial charge is 0.396 e. The summed E-state index contributed by atoms with van der Waals surface area (Å²) in [6, 6.07) is 4.06. The van der Waals surface area contributed by atoms with Crippen LogP contribution in [-0.4, -0.2) is 34.2 Å². The minimum atomic E-state index is 0.266. The molecule has 1 atom stereocenters. The molecule has 1 aromatic rings. The predicted molar refractivity (Wildman–Crippen MR) is 73.4 cm³/mol. The molecular formula is C13H20ClN3O. The van der Waals surface area contributed by atoms with Gasteiger partial charge in [0.05, 0.1) is 10.7 Å². The molecule has 1 aromatic heterocycles. The Morgan fingerprint density at radius 3 is 3.11 bits per heavy atom. The van der Waals surface area contributed by atoms with Crippen LogP contribution in [0.2, 0.25) is 5.02 Å². The van der Waals surface area contributed by atoms with Crippen LogP contribution in [0, 0.1) is 0 Å². The third-order valence-corrected chi connectivity index (χ3v) is 3.83. The normalized spacial score (nSPS) is 20.4. The zero-order chi connectivity index (χ0) is 13.0. The summed E-state index contributed by atoms with van der Waals surface area (Å²) in [6.07, 6.45) is 4.30. The van der Waals surface area contributed by atoms with E-state index in [1.165, 1.54) is 12.8 Å². The van der Waals surface area contributed by atoms with Crippen molar-refractivity contribution in [3.8, 4) is 0 Å². The number of aromatic nitrogens is 1.